The SMILES string of the molecule is CCCCN(C)CCCN1C(=O)[C@H]2[C@@H](C(=O)Nc3ccc(OC)cc3)[C@@H]3C=C[C@]2(O3)C1C(=O)NC1CCCC(C)C1C. The van der Waals surface area contributed by atoms with Crippen molar-refractivity contribution >= 4 is 23.4 Å². The third-order valence-electron chi connectivity index (χ3n) is 10.1. The quantitative estimate of drug-likeness (QED) is 0.365. The summed E-state index contributed by atoms with van der Waals surface area (Å²) in [4.78, 5) is 46.1. The van der Waals surface area contributed by atoms with Gasteiger partial charge in [0, 0.05) is 18.3 Å². The highest BCUT2D eigenvalue weighted by Gasteiger charge is 2.72. The number of likely N-dealkylation sites (tertiary alicyclic amines) is 1. The third kappa shape index (κ3) is 5.70. The van der Waals surface area contributed by atoms with Crippen molar-refractivity contribution in [1.29, 1.82) is 0 Å². The molecule has 2 saturated heterocycles. The van der Waals surface area contributed by atoms with Gasteiger partial charge in [-0.05, 0) is 75.5 Å². The number of benzene rings is 1. The number of ether oxygens (including phenoxy) is 2. The number of hydrogen-bond acceptors (Lipinski definition) is 6. The summed E-state index contributed by atoms with van der Waals surface area (Å²) >= 11 is 0. The molecule has 1 spiro atoms. The van der Waals surface area contributed by atoms with E-state index in [1.54, 1.807) is 36.3 Å². The van der Waals surface area contributed by atoms with Crippen LogP contribution in [0.3, 0.4) is 0 Å². The van der Waals surface area contributed by atoms with Crippen LogP contribution in [0.1, 0.15) is 59.3 Å². The second kappa shape index (κ2) is 12.8. The number of hydrogen-bond donors (Lipinski definition) is 2. The van der Waals surface area contributed by atoms with Gasteiger partial charge in [-0.2, -0.15) is 0 Å². The fourth-order valence-electron chi connectivity index (χ4n) is 7.51. The molecule has 3 amide bonds. The van der Waals surface area contributed by atoms with Gasteiger partial charge in [-0.15, -0.1) is 0 Å². The number of rotatable bonds is 12. The molecule has 3 heterocycles. The minimum atomic E-state index is -1.15. The molecule has 5 rings (SSSR count). The van der Waals surface area contributed by atoms with Gasteiger partial charge < -0.3 is 29.9 Å². The molecule has 4 aliphatic rings. The maximum atomic E-state index is 14.2. The molecule has 1 aromatic carbocycles. The first-order chi connectivity index (χ1) is 20.2. The number of amides is 3. The Balaban J connectivity index is 1.38. The average molecular weight is 581 g/mol. The lowest BCUT2D eigenvalue weighted by atomic mass is 9.73. The van der Waals surface area contributed by atoms with E-state index in [0.29, 0.717) is 29.8 Å². The molecular weight excluding hydrogens is 532 g/mol. The highest BCUT2D eigenvalue weighted by Crippen LogP contribution is 2.55. The summed E-state index contributed by atoms with van der Waals surface area (Å²) in [6.07, 6.45) is 9.38. The first kappa shape index (κ1) is 30.5. The molecule has 0 radical (unpaired) electrons. The number of carbonyl (C=O) groups excluding carboxylic acids is 3. The Morgan fingerprint density at radius 3 is 2.57 bits per heavy atom. The van der Waals surface area contributed by atoms with Crippen LogP contribution in [0.4, 0.5) is 5.69 Å². The van der Waals surface area contributed by atoms with Crippen molar-refractivity contribution in [1.82, 2.24) is 15.1 Å². The van der Waals surface area contributed by atoms with Gasteiger partial charge in [-0.25, -0.2) is 0 Å². The first-order valence-corrected chi connectivity index (χ1v) is 15.8. The lowest BCUT2D eigenvalue weighted by molar-refractivity contribution is -0.141. The van der Waals surface area contributed by atoms with Gasteiger partial charge in [-0.1, -0.05) is 52.2 Å². The lowest BCUT2D eigenvalue weighted by Crippen LogP contribution is -2.58. The van der Waals surface area contributed by atoms with Crippen LogP contribution in [-0.2, 0) is 19.1 Å². The van der Waals surface area contributed by atoms with E-state index in [2.05, 4.69) is 43.4 Å². The van der Waals surface area contributed by atoms with E-state index < -0.39 is 29.6 Å². The van der Waals surface area contributed by atoms with Crippen molar-refractivity contribution in [3.8, 4) is 5.75 Å². The zero-order chi connectivity index (χ0) is 30.0. The minimum absolute atomic E-state index is 0.0607. The van der Waals surface area contributed by atoms with E-state index in [0.717, 1.165) is 51.6 Å². The molecule has 8 atom stereocenters. The predicted molar refractivity (Wildman–Crippen MR) is 162 cm³/mol. The molecule has 2 bridgehead atoms. The number of anilines is 1. The average Bonchev–Trinajstić information content (AvgIpc) is 3.62. The molecule has 1 saturated carbocycles. The van der Waals surface area contributed by atoms with Crippen LogP contribution in [0.25, 0.3) is 0 Å². The summed E-state index contributed by atoms with van der Waals surface area (Å²) in [7, 11) is 3.69. The summed E-state index contributed by atoms with van der Waals surface area (Å²) in [6, 6.07) is 6.36. The molecule has 2 N–H and O–H groups in total. The topological polar surface area (TPSA) is 100 Å². The standard InChI is InChI=1S/C33H48N4O5/c1-6-7-18-36(4)19-9-20-37-29(31(39)35-25-11-8-10-21(2)22(25)3)33-17-16-26(42-33)27(28(33)32(37)40)30(38)34-23-12-14-24(41-5)15-13-23/h12-17,21-22,25-29H,6-11,18-20H2,1-5H3,(H,34,38)(H,35,39)/t21?,22?,25?,26-,27-,28+,29?,33+/m0/s1. The normalized spacial score (nSPS) is 33.2. The minimum Gasteiger partial charge on any atom is -0.497 e. The van der Waals surface area contributed by atoms with Gasteiger partial charge in [0.25, 0.3) is 0 Å². The van der Waals surface area contributed by atoms with Crippen molar-refractivity contribution in [3.05, 3.63) is 36.4 Å². The number of nitrogens with one attached hydrogen (secondary N) is 2. The maximum absolute atomic E-state index is 14.2. The van der Waals surface area contributed by atoms with Crippen LogP contribution < -0.4 is 15.4 Å². The molecule has 1 aliphatic carbocycles. The number of unbranched alkanes of at least 4 members (excludes halogenated alkanes) is 1. The molecule has 1 aromatic rings. The van der Waals surface area contributed by atoms with Gasteiger partial charge >= 0.3 is 0 Å². The fraction of sp³-hybridized carbons (Fsp3) is 0.667. The zero-order valence-electron chi connectivity index (χ0n) is 25.8. The molecule has 9 nitrogen and oxygen atoms in total. The fourth-order valence-corrected chi connectivity index (χ4v) is 7.51. The van der Waals surface area contributed by atoms with Crippen LogP contribution in [0.5, 0.6) is 5.75 Å². The number of carbonyl (C=O) groups is 3. The maximum Gasteiger partial charge on any atom is 0.246 e. The second-order valence-electron chi connectivity index (χ2n) is 12.8. The van der Waals surface area contributed by atoms with Gasteiger partial charge in [0.05, 0.1) is 25.0 Å². The smallest absolute Gasteiger partial charge is 0.246 e. The molecule has 3 fully saturated rings. The molecule has 4 unspecified atom stereocenters. The van der Waals surface area contributed by atoms with Gasteiger partial charge in [-0.3, -0.25) is 14.4 Å². The van der Waals surface area contributed by atoms with Crippen LogP contribution in [-0.4, -0.2) is 85.1 Å². The number of fused-ring (bicyclic) bond motifs is 1. The molecule has 3 aliphatic heterocycles. The Bertz CT molecular complexity index is 1170. The summed E-state index contributed by atoms with van der Waals surface area (Å²) in [5, 5.41) is 6.31. The molecule has 0 aromatic heterocycles. The lowest BCUT2D eigenvalue weighted by Gasteiger charge is -2.38. The van der Waals surface area contributed by atoms with E-state index in [9.17, 15) is 14.4 Å². The first-order valence-electron chi connectivity index (χ1n) is 15.8. The van der Waals surface area contributed by atoms with Crippen molar-refractivity contribution < 1.29 is 23.9 Å². The molecular formula is C33H48N4O5. The monoisotopic (exact) mass is 580 g/mol. The van der Waals surface area contributed by atoms with E-state index in [1.807, 2.05) is 12.2 Å². The Morgan fingerprint density at radius 1 is 1.12 bits per heavy atom. The third-order valence-corrected chi connectivity index (χ3v) is 10.1. The van der Waals surface area contributed by atoms with Crippen molar-refractivity contribution in [2.75, 3.05) is 39.1 Å². The summed E-state index contributed by atoms with van der Waals surface area (Å²) in [5.74, 6) is -0.503. The Hall–Kier alpha value is -2.91. The van der Waals surface area contributed by atoms with Crippen LogP contribution >= 0.6 is 0 Å². The Labute approximate surface area is 250 Å². The summed E-state index contributed by atoms with van der Waals surface area (Å²) < 4.78 is 11.7. The van der Waals surface area contributed by atoms with Crippen molar-refractivity contribution in [2.24, 2.45) is 23.7 Å². The van der Waals surface area contributed by atoms with E-state index in [-0.39, 0.29) is 23.8 Å². The van der Waals surface area contributed by atoms with Crippen molar-refractivity contribution in [2.45, 2.75) is 83.1 Å². The highest BCUT2D eigenvalue weighted by molar-refractivity contribution is 6.02. The van der Waals surface area contributed by atoms with Gasteiger partial charge in [0.15, 0.2) is 0 Å². The van der Waals surface area contributed by atoms with Crippen LogP contribution in [0.15, 0.2) is 36.4 Å². The largest absolute Gasteiger partial charge is 0.497 e. The summed E-state index contributed by atoms with van der Waals surface area (Å²) in [5.41, 5.74) is -0.528. The predicted octanol–water partition coefficient (Wildman–Crippen LogP) is 3.85. The molecule has 9 heteroatoms. The van der Waals surface area contributed by atoms with E-state index in [4.69, 9.17) is 9.47 Å². The van der Waals surface area contributed by atoms with Crippen molar-refractivity contribution in [3.63, 3.8) is 0 Å². The number of nitrogens with zero attached hydrogens (tertiary/aromatic N) is 2. The Morgan fingerprint density at radius 2 is 1.86 bits per heavy atom. The molecule has 230 valence electrons. The zero-order valence-corrected chi connectivity index (χ0v) is 25.8. The van der Waals surface area contributed by atoms with E-state index >= 15 is 0 Å². The highest BCUT2D eigenvalue weighted by atomic mass is 16.5. The van der Waals surface area contributed by atoms with E-state index in [1.165, 1.54) is 0 Å². The number of methoxy groups -OCH3 is 1. The van der Waals surface area contributed by atoms with Gasteiger partial charge in [0.1, 0.15) is 17.4 Å². The van der Waals surface area contributed by atoms with Crippen LogP contribution in [0, 0.1) is 23.7 Å². The van der Waals surface area contributed by atoms with Crippen LogP contribution in [0.2, 0.25) is 0 Å². The summed E-state index contributed by atoms with van der Waals surface area (Å²) in [6.45, 7) is 8.89. The Kier molecular flexibility index (Phi) is 9.28. The molecule has 42 heavy (non-hydrogen) atoms. The van der Waals surface area contributed by atoms with Gasteiger partial charge in [0.2, 0.25) is 17.7 Å². The second-order valence-corrected chi connectivity index (χ2v) is 12.8.